The van der Waals surface area contributed by atoms with Crippen molar-refractivity contribution in [1.29, 1.82) is 0 Å². The SMILES string of the molecule is CN1CCC(N2CC(F)(F)CC2C(N)=O)CC1. The van der Waals surface area contributed by atoms with Crippen LogP contribution in [0.2, 0.25) is 0 Å². The van der Waals surface area contributed by atoms with Crippen molar-refractivity contribution < 1.29 is 13.6 Å². The zero-order valence-electron chi connectivity index (χ0n) is 10.0. The van der Waals surface area contributed by atoms with Crippen molar-refractivity contribution in [3.63, 3.8) is 0 Å². The van der Waals surface area contributed by atoms with Crippen molar-refractivity contribution in [2.75, 3.05) is 26.7 Å². The van der Waals surface area contributed by atoms with Gasteiger partial charge in [0.25, 0.3) is 5.92 Å². The minimum absolute atomic E-state index is 0.0667. The topological polar surface area (TPSA) is 49.6 Å². The lowest BCUT2D eigenvalue weighted by atomic mass is 10.0. The second kappa shape index (κ2) is 4.49. The first-order chi connectivity index (χ1) is 7.89. The van der Waals surface area contributed by atoms with Gasteiger partial charge in [-0.25, -0.2) is 8.78 Å². The van der Waals surface area contributed by atoms with Gasteiger partial charge in [0.2, 0.25) is 5.91 Å². The van der Waals surface area contributed by atoms with E-state index in [1.807, 2.05) is 7.05 Å². The summed E-state index contributed by atoms with van der Waals surface area (Å²) >= 11 is 0. The maximum atomic E-state index is 13.4. The molecule has 0 radical (unpaired) electrons. The van der Waals surface area contributed by atoms with Gasteiger partial charge in [0.15, 0.2) is 0 Å². The van der Waals surface area contributed by atoms with Crippen molar-refractivity contribution in [2.24, 2.45) is 5.73 Å². The number of piperidine rings is 1. The molecule has 2 rings (SSSR count). The molecule has 0 spiro atoms. The third-order valence-electron chi connectivity index (χ3n) is 3.79. The molecule has 98 valence electrons. The van der Waals surface area contributed by atoms with Gasteiger partial charge in [-0.3, -0.25) is 9.69 Å². The highest BCUT2D eigenvalue weighted by molar-refractivity contribution is 5.80. The van der Waals surface area contributed by atoms with E-state index < -0.39 is 24.3 Å². The lowest BCUT2D eigenvalue weighted by molar-refractivity contribution is -0.123. The van der Waals surface area contributed by atoms with E-state index in [1.54, 1.807) is 4.90 Å². The van der Waals surface area contributed by atoms with Crippen LogP contribution in [0, 0.1) is 0 Å². The zero-order valence-corrected chi connectivity index (χ0v) is 10.0. The van der Waals surface area contributed by atoms with E-state index in [0.29, 0.717) is 0 Å². The van der Waals surface area contributed by atoms with Gasteiger partial charge in [-0.05, 0) is 33.0 Å². The zero-order chi connectivity index (χ0) is 12.6. The molecule has 2 aliphatic rings. The van der Waals surface area contributed by atoms with Gasteiger partial charge in [-0.2, -0.15) is 0 Å². The summed E-state index contributed by atoms with van der Waals surface area (Å²) in [5.74, 6) is -3.40. The normalized spacial score (nSPS) is 31.8. The standard InChI is InChI=1S/C11H19F2N3O/c1-15-4-2-8(3-5-15)16-7-11(12,13)6-9(16)10(14)17/h8-9H,2-7H2,1H3,(H2,14,17). The van der Waals surface area contributed by atoms with E-state index >= 15 is 0 Å². The summed E-state index contributed by atoms with van der Waals surface area (Å²) in [6.45, 7) is 1.45. The molecule has 2 fully saturated rings. The molecule has 2 N–H and O–H groups in total. The number of amides is 1. The Kier molecular flexibility index (Phi) is 3.36. The Morgan fingerprint density at radius 3 is 2.47 bits per heavy atom. The van der Waals surface area contributed by atoms with Crippen LogP contribution >= 0.6 is 0 Å². The summed E-state index contributed by atoms with van der Waals surface area (Å²) in [5, 5.41) is 0. The number of hydrogen-bond donors (Lipinski definition) is 1. The minimum Gasteiger partial charge on any atom is -0.368 e. The summed E-state index contributed by atoms with van der Waals surface area (Å²) in [6, 6.07) is -0.726. The molecule has 4 nitrogen and oxygen atoms in total. The maximum absolute atomic E-state index is 13.4. The first kappa shape index (κ1) is 12.7. The van der Waals surface area contributed by atoms with E-state index in [4.69, 9.17) is 5.73 Å². The number of alkyl halides is 2. The molecular weight excluding hydrogens is 228 g/mol. The average Bonchev–Trinajstić information content (AvgIpc) is 2.56. The van der Waals surface area contributed by atoms with E-state index in [0.717, 1.165) is 25.9 Å². The molecule has 1 unspecified atom stereocenters. The number of likely N-dealkylation sites (tertiary alicyclic amines) is 2. The molecule has 1 atom stereocenters. The fraction of sp³-hybridized carbons (Fsp3) is 0.909. The molecule has 2 saturated heterocycles. The Morgan fingerprint density at radius 1 is 1.35 bits per heavy atom. The number of carbonyl (C=O) groups excluding carboxylic acids is 1. The second-order valence-corrected chi connectivity index (χ2v) is 5.19. The summed E-state index contributed by atoms with van der Waals surface area (Å²) in [7, 11) is 2.01. The average molecular weight is 247 g/mol. The smallest absolute Gasteiger partial charge is 0.262 e. The molecule has 6 heteroatoms. The van der Waals surface area contributed by atoms with Crippen molar-refractivity contribution in [1.82, 2.24) is 9.80 Å². The minimum atomic E-state index is -2.77. The van der Waals surface area contributed by atoms with Crippen LogP contribution < -0.4 is 5.73 Å². The summed E-state index contributed by atoms with van der Waals surface area (Å²) in [6.07, 6.45) is 1.24. The predicted octanol–water partition coefficient (Wildman–Crippen LogP) is 0.276. The molecule has 0 aromatic carbocycles. The van der Waals surface area contributed by atoms with E-state index in [2.05, 4.69) is 4.90 Å². The molecule has 0 aliphatic carbocycles. The van der Waals surface area contributed by atoms with E-state index in [1.165, 1.54) is 0 Å². The molecule has 0 saturated carbocycles. The number of carbonyl (C=O) groups is 1. The molecule has 2 aliphatic heterocycles. The first-order valence-corrected chi connectivity index (χ1v) is 6.00. The number of hydrogen-bond acceptors (Lipinski definition) is 3. The van der Waals surface area contributed by atoms with Crippen LogP contribution in [-0.2, 0) is 4.79 Å². The van der Waals surface area contributed by atoms with Crippen LogP contribution in [0.5, 0.6) is 0 Å². The highest BCUT2D eigenvalue weighted by atomic mass is 19.3. The molecule has 0 aromatic rings. The monoisotopic (exact) mass is 247 g/mol. The van der Waals surface area contributed by atoms with Gasteiger partial charge in [0.05, 0.1) is 12.6 Å². The summed E-state index contributed by atoms with van der Waals surface area (Å²) in [5.41, 5.74) is 5.22. The lowest BCUT2D eigenvalue weighted by Gasteiger charge is -2.37. The highest BCUT2D eigenvalue weighted by Crippen LogP contribution is 2.35. The van der Waals surface area contributed by atoms with Crippen molar-refractivity contribution in [3.05, 3.63) is 0 Å². The second-order valence-electron chi connectivity index (χ2n) is 5.19. The number of primary amides is 1. The van der Waals surface area contributed by atoms with Gasteiger partial charge in [-0.1, -0.05) is 0 Å². The molecule has 2 heterocycles. The number of halogens is 2. The lowest BCUT2D eigenvalue weighted by Crippen LogP contribution is -2.50. The molecule has 0 bridgehead atoms. The quantitative estimate of drug-likeness (QED) is 0.762. The maximum Gasteiger partial charge on any atom is 0.262 e. The van der Waals surface area contributed by atoms with Crippen LogP contribution in [0.3, 0.4) is 0 Å². The number of rotatable bonds is 2. The summed E-state index contributed by atoms with van der Waals surface area (Å²) in [4.78, 5) is 15.0. The Bertz CT molecular complexity index is 303. The highest BCUT2D eigenvalue weighted by Gasteiger charge is 2.49. The van der Waals surface area contributed by atoms with Crippen LogP contribution in [0.15, 0.2) is 0 Å². The van der Waals surface area contributed by atoms with E-state index in [-0.39, 0.29) is 12.6 Å². The Balaban J connectivity index is 2.05. The molecular formula is C11H19F2N3O. The Labute approximate surface area is 99.7 Å². The van der Waals surface area contributed by atoms with Crippen molar-refractivity contribution in [2.45, 2.75) is 37.3 Å². The van der Waals surface area contributed by atoms with Gasteiger partial charge in [0, 0.05) is 12.5 Å². The van der Waals surface area contributed by atoms with Gasteiger partial charge < -0.3 is 10.6 Å². The van der Waals surface area contributed by atoms with Gasteiger partial charge >= 0.3 is 0 Å². The Hall–Kier alpha value is -0.750. The fourth-order valence-electron chi connectivity index (χ4n) is 2.82. The molecule has 1 amide bonds. The van der Waals surface area contributed by atoms with Crippen LogP contribution in [-0.4, -0.2) is 60.4 Å². The molecule has 0 aromatic heterocycles. The largest absolute Gasteiger partial charge is 0.368 e. The van der Waals surface area contributed by atoms with E-state index in [9.17, 15) is 13.6 Å². The molecule has 17 heavy (non-hydrogen) atoms. The number of nitrogens with two attached hydrogens (primary N) is 1. The predicted molar refractivity (Wildman–Crippen MR) is 59.8 cm³/mol. The fourth-order valence-corrected chi connectivity index (χ4v) is 2.82. The van der Waals surface area contributed by atoms with Crippen molar-refractivity contribution >= 4 is 5.91 Å². The van der Waals surface area contributed by atoms with Gasteiger partial charge in [0.1, 0.15) is 0 Å². The van der Waals surface area contributed by atoms with Crippen molar-refractivity contribution in [3.8, 4) is 0 Å². The Morgan fingerprint density at radius 2 is 1.94 bits per heavy atom. The third kappa shape index (κ3) is 2.74. The van der Waals surface area contributed by atoms with Crippen LogP contribution in [0.1, 0.15) is 19.3 Å². The van der Waals surface area contributed by atoms with Gasteiger partial charge in [-0.15, -0.1) is 0 Å². The summed E-state index contributed by atoms with van der Waals surface area (Å²) < 4.78 is 26.8. The first-order valence-electron chi connectivity index (χ1n) is 6.00. The number of nitrogens with zero attached hydrogens (tertiary/aromatic N) is 2. The van der Waals surface area contributed by atoms with Crippen LogP contribution in [0.4, 0.5) is 8.78 Å². The third-order valence-corrected chi connectivity index (χ3v) is 3.79. The van der Waals surface area contributed by atoms with Crippen LogP contribution in [0.25, 0.3) is 0 Å².